The van der Waals surface area contributed by atoms with Crippen LogP contribution < -0.4 is 10.7 Å². The van der Waals surface area contributed by atoms with Crippen LogP contribution in [0.3, 0.4) is 0 Å². The molecule has 10 nitrogen and oxygen atoms in total. The third kappa shape index (κ3) is 9.48. The van der Waals surface area contributed by atoms with Crippen LogP contribution in [-0.4, -0.2) is 77.8 Å². The zero-order valence-electron chi connectivity index (χ0n) is 34.0. The highest BCUT2D eigenvalue weighted by Gasteiger charge is 2.31. The quantitative estimate of drug-likeness (QED) is 0.100. The predicted octanol–water partition coefficient (Wildman–Crippen LogP) is 7.60. The van der Waals surface area contributed by atoms with Crippen molar-refractivity contribution in [1.29, 1.82) is 0 Å². The summed E-state index contributed by atoms with van der Waals surface area (Å²) < 4.78 is 13.3. The van der Waals surface area contributed by atoms with E-state index in [1.54, 1.807) is 24.5 Å². The van der Waals surface area contributed by atoms with E-state index in [0.29, 0.717) is 25.9 Å². The SMILES string of the molecule is C=CN(C)C(C(=C)NC(Cc1cccc(-c2ccc3c(c2)c(CC(C)(C)COC=O)c(-c2cccnc2C(C)OC)n3C)c1)C(=O)N1CCCCN1)C(C)C. The molecule has 4 aromatic rings. The molecule has 0 bridgehead atoms. The number of nitrogens with one attached hydrogen (secondary N) is 2. The predicted molar refractivity (Wildman–Crippen MR) is 222 cm³/mol. The van der Waals surface area contributed by atoms with Crippen LogP contribution in [0.2, 0.25) is 0 Å². The Morgan fingerprint density at radius 1 is 1.11 bits per heavy atom. The van der Waals surface area contributed by atoms with Crippen LogP contribution in [0.25, 0.3) is 33.3 Å². The van der Waals surface area contributed by atoms with Gasteiger partial charge in [-0.15, -0.1) is 0 Å². The number of likely N-dealkylation sites (N-methyl/N-ethyl adjacent to an activating group) is 1. The van der Waals surface area contributed by atoms with Gasteiger partial charge in [-0.2, -0.15) is 0 Å². The number of aryl methyl sites for hydroxylation is 1. The largest absolute Gasteiger partial charge is 0.467 e. The van der Waals surface area contributed by atoms with E-state index in [1.165, 1.54) is 0 Å². The molecule has 2 aromatic carbocycles. The Balaban J connectivity index is 1.57. The lowest BCUT2D eigenvalue weighted by Gasteiger charge is -2.36. The van der Waals surface area contributed by atoms with Gasteiger partial charge < -0.3 is 24.3 Å². The molecule has 1 amide bonds. The molecular formula is C45H60N6O4. The van der Waals surface area contributed by atoms with Crippen molar-refractivity contribution in [2.45, 2.75) is 78.5 Å². The van der Waals surface area contributed by atoms with Gasteiger partial charge in [0.05, 0.1) is 30.1 Å². The van der Waals surface area contributed by atoms with E-state index in [1.807, 2.05) is 24.9 Å². The number of hydrogen-bond acceptors (Lipinski definition) is 8. The zero-order chi connectivity index (χ0) is 39.9. The summed E-state index contributed by atoms with van der Waals surface area (Å²) in [6.45, 7) is 21.2. The molecule has 0 spiro atoms. The minimum Gasteiger partial charge on any atom is -0.467 e. The van der Waals surface area contributed by atoms with Crippen LogP contribution in [0.5, 0.6) is 0 Å². The number of aromatic nitrogens is 2. The van der Waals surface area contributed by atoms with Gasteiger partial charge in [0.1, 0.15) is 6.04 Å². The second-order valence-corrected chi connectivity index (χ2v) is 15.9. The molecule has 1 aliphatic rings. The minimum absolute atomic E-state index is 0.0108. The number of benzene rings is 2. The molecule has 1 aliphatic heterocycles. The molecule has 294 valence electrons. The first-order valence-corrected chi connectivity index (χ1v) is 19.4. The van der Waals surface area contributed by atoms with E-state index in [9.17, 15) is 9.59 Å². The number of carbonyl (C=O) groups excluding carboxylic acids is 2. The summed E-state index contributed by atoms with van der Waals surface area (Å²) in [7, 11) is 5.78. The number of nitrogens with zero attached hydrogens (tertiary/aromatic N) is 4. The standard InChI is InChI=1S/C45H60N6O4/c1-11-49(8)42(30(2)3)31(4)48-39(44(53)51-23-13-12-22-47-51)25-33-16-14-17-34(24-33)35-19-20-40-37(26-35)38(27-45(6,7)28-55-29-52)43(50(40)9)36-18-15-21-46-41(36)32(5)54-10/h11,14-21,24,26,29-30,32,39,42,47-48H,1,4,12-13,22-23,25,27-28H2,2-3,5-10H3. The lowest BCUT2D eigenvalue weighted by molar-refractivity contribution is -0.137. The third-order valence-corrected chi connectivity index (χ3v) is 10.8. The van der Waals surface area contributed by atoms with Gasteiger partial charge in [0.2, 0.25) is 0 Å². The van der Waals surface area contributed by atoms with Crippen LogP contribution in [-0.2, 0) is 39.0 Å². The van der Waals surface area contributed by atoms with E-state index in [0.717, 1.165) is 75.2 Å². The Bertz CT molecular complexity index is 1980. The zero-order valence-corrected chi connectivity index (χ0v) is 34.0. The number of carbonyl (C=O) groups is 2. The van der Waals surface area contributed by atoms with E-state index < -0.39 is 6.04 Å². The Labute approximate surface area is 327 Å². The second kappa shape index (κ2) is 18.1. The second-order valence-electron chi connectivity index (χ2n) is 15.9. The van der Waals surface area contributed by atoms with Gasteiger partial charge in [0.15, 0.2) is 0 Å². The molecule has 2 aromatic heterocycles. The highest BCUT2D eigenvalue weighted by atomic mass is 16.5. The molecule has 2 N–H and O–H groups in total. The molecular weight excluding hydrogens is 689 g/mol. The summed E-state index contributed by atoms with van der Waals surface area (Å²) in [5.74, 6) is 0.265. The molecule has 55 heavy (non-hydrogen) atoms. The van der Waals surface area contributed by atoms with Crippen LogP contribution >= 0.6 is 0 Å². The maximum absolute atomic E-state index is 14.1. The van der Waals surface area contributed by atoms with E-state index in [4.69, 9.17) is 14.5 Å². The number of hydrogen-bond donors (Lipinski definition) is 2. The highest BCUT2D eigenvalue weighted by Crippen LogP contribution is 2.41. The summed E-state index contributed by atoms with van der Waals surface area (Å²) in [6.07, 6.45) is 6.56. The van der Waals surface area contributed by atoms with Crippen molar-refractivity contribution in [2.24, 2.45) is 18.4 Å². The van der Waals surface area contributed by atoms with Gasteiger partial charge in [-0.25, -0.2) is 5.43 Å². The average molecular weight is 749 g/mol. The maximum Gasteiger partial charge on any atom is 0.293 e. The fraction of sp³-hybridized carbons (Fsp3) is 0.444. The van der Waals surface area contributed by atoms with Crippen LogP contribution in [0, 0.1) is 11.3 Å². The summed E-state index contributed by atoms with van der Waals surface area (Å²) in [5.41, 5.74) is 12.1. The Morgan fingerprint density at radius 3 is 2.55 bits per heavy atom. The molecule has 0 radical (unpaired) electrons. The maximum atomic E-state index is 14.1. The fourth-order valence-electron chi connectivity index (χ4n) is 7.98. The molecule has 3 atom stereocenters. The molecule has 1 saturated heterocycles. The summed E-state index contributed by atoms with van der Waals surface area (Å²) in [6, 6.07) is 18.6. The molecule has 10 heteroatoms. The first-order chi connectivity index (χ1) is 26.3. The number of pyridine rings is 1. The van der Waals surface area contributed by atoms with E-state index in [2.05, 4.69) is 112 Å². The Kier molecular flexibility index (Phi) is 13.6. The Morgan fingerprint density at radius 2 is 1.87 bits per heavy atom. The topological polar surface area (TPSA) is 101 Å². The highest BCUT2D eigenvalue weighted by molar-refractivity contribution is 5.95. The van der Waals surface area contributed by atoms with Crippen molar-refractivity contribution < 1.29 is 19.1 Å². The normalized spacial score (nSPS) is 15.0. The number of ether oxygens (including phenoxy) is 2. The number of fused-ring (bicyclic) bond motifs is 1. The van der Waals surface area contributed by atoms with Crippen molar-refractivity contribution in [3.8, 4) is 22.4 Å². The number of rotatable bonds is 18. The summed E-state index contributed by atoms with van der Waals surface area (Å²) >= 11 is 0. The molecule has 1 fully saturated rings. The monoisotopic (exact) mass is 748 g/mol. The van der Waals surface area contributed by atoms with E-state index in [-0.39, 0.29) is 36.0 Å². The van der Waals surface area contributed by atoms with Crippen LogP contribution in [0.1, 0.15) is 70.4 Å². The lowest BCUT2D eigenvalue weighted by Crippen LogP contribution is -2.56. The average Bonchev–Trinajstić information content (AvgIpc) is 3.45. The van der Waals surface area contributed by atoms with Gasteiger partial charge in [-0.3, -0.25) is 19.6 Å². The first-order valence-electron chi connectivity index (χ1n) is 19.4. The van der Waals surface area contributed by atoms with Crippen molar-refractivity contribution in [3.05, 3.63) is 103 Å². The Hall–Kier alpha value is -4.93. The number of methoxy groups -OCH3 is 1. The van der Waals surface area contributed by atoms with Gasteiger partial charge in [-0.1, -0.05) is 71.2 Å². The molecule has 0 saturated carbocycles. The van der Waals surface area contributed by atoms with Crippen LogP contribution in [0.4, 0.5) is 0 Å². The fourth-order valence-corrected chi connectivity index (χ4v) is 7.98. The summed E-state index contributed by atoms with van der Waals surface area (Å²) in [5, 5.41) is 6.45. The van der Waals surface area contributed by atoms with Gasteiger partial charge in [0, 0.05) is 74.5 Å². The molecule has 3 heterocycles. The van der Waals surface area contributed by atoms with Crippen molar-refractivity contribution in [3.63, 3.8) is 0 Å². The number of amides is 1. The minimum atomic E-state index is -0.516. The van der Waals surface area contributed by atoms with Gasteiger partial charge in [0.25, 0.3) is 12.4 Å². The van der Waals surface area contributed by atoms with E-state index >= 15 is 0 Å². The van der Waals surface area contributed by atoms with Crippen molar-refractivity contribution >= 4 is 23.3 Å². The third-order valence-electron chi connectivity index (χ3n) is 10.8. The van der Waals surface area contributed by atoms with Crippen molar-refractivity contribution in [1.82, 2.24) is 30.2 Å². The molecule has 5 rings (SSSR count). The first kappa shape index (κ1) is 41.2. The smallest absolute Gasteiger partial charge is 0.293 e. The lowest BCUT2D eigenvalue weighted by atomic mass is 9.84. The van der Waals surface area contributed by atoms with Gasteiger partial charge in [-0.05, 0) is 84.8 Å². The summed E-state index contributed by atoms with van der Waals surface area (Å²) in [4.78, 5) is 32.1. The molecule has 0 aliphatic carbocycles. The number of hydrazine groups is 1. The van der Waals surface area contributed by atoms with Crippen molar-refractivity contribution in [2.75, 3.05) is 33.9 Å². The van der Waals surface area contributed by atoms with Crippen LogP contribution in [0.15, 0.2) is 85.8 Å². The molecule has 3 unspecified atom stereocenters. The van der Waals surface area contributed by atoms with Gasteiger partial charge >= 0.3 is 0 Å².